The fourth-order valence-corrected chi connectivity index (χ4v) is 2.61. The van der Waals surface area contributed by atoms with E-state index in [2.05, 4.69) is 0 Å². The van der Waals surface area contributed by atoms with Gasteiger partial charge in [-0.2, -0.15) is 0 Å². The Morgan fingerprint density at radius 1 is 1.15 bits per heavy atom. The number of hydrogen-bond donors (Lipinski definition) is 0. The van der Waals surface area contributed by atoms with Crippen molar-refractivity contribution in [2.75, 3.05) is 7.11 Å². The average molecular weight is 268 g/mol. The number of carbonyl (C=O) groups is 1. The van der Waals surface area contributed by atoms with Gasteiger partial charge in [0.05, 0.1) is 13.0 Å². The molecule has 2 aromatic rings. The molecule has 20 heavy (non-hydrogen) atoms. The minimum Gasteiger partial charge on any atom is -0.496 e. The van der Waals surface area contributed by atoms with Crippen molar-refractivity contribution in [2.45, 2.75) is 12.8 Å². The van der Waals surface area contributed by atoms with Crippen LogP contribution in [0.15, 0.2) is 48.5 Å². The maximum atomic E-state index is 12.1. The third-order valence-corrected chi connectivity index (χ3v) is 3.63. The van der Waals surface area contributed by atoms with Crippen molar-refractivity contribution in [2.24, 2.45) is 5.92 Å². The second-order valence-corrected chi connectivity index (χ2v) is 4.95. The maximum absolute atomic E-state index is 12.1. The lowest BCUT2D eigenvalue weighted by atomic mass is 9.90. The molecular weight excluding hydrogens is 252 g/mol. The predicted octanol–water partition coefficient (Wildman–Crippen LogP) is 3.02. The SMILES string of the molecule is COc1cccc2c1CC(Cc1ccccc1)C(=O)O2. The molecule has 2 aromatic carbocycles. The quantitative estimate of drug-likeness (QED) is 0.634. The summed E-state index contributed by atoms with van der Waals surface area (Å²) in [6.07, 6.45) is 1.35. The van der Waals surface area contributed by atoms with Crippen LogP contribution < -0.4 is 9.47 Å². The van der Waals surface area contributed by atoms with Crippen LogP contribution >= 0.6 is 0 Å². The van der Waals surface area contributed by atoms with Gasteiger partial charge in [-0.1, -0.05) is 36.4 Å². The molecule has 0 N–H and O–H groups in total. The Kier molecular flexibility index (Phi) is 3.42. The molecule has 3 nitrogen and oxygen atoms in total. The van der Waals surface area contributed by atoms with Crippen LogP contribution in [0.25, 0.3) is 0 Å². The lowest BCUT2D eigenvalue weighted by Gasteiger charge is -2.24. The Morgan fingerprint density at radius 2 is 1.95 bits per heavy atom. The van der Waals surface area contributed by atoms with Gasteiger partial charge in [0.2, 0.25) is 0 Å². The summed E-state index contributed by atoms with van der Waals surface area (Å²) < 4.78 is 10.8. The van der Waals surface area contributed by atoms with Gasteiger partial charge in [-0.05, 0) is 30.5 Å². The highest BCUT2D eigenvalue weighted by Gasteiger charge is 2.30. The molecule has 0 aliphatic carbocycles. The first-order chi connectivity index (χ1) is 9.78. The standard InChI is InChI=1S/C17H16O3/c1-19-15-8-5-9-16-14(15)11-13(17(18)20-16)10-12-6-3-2-4-7-12/h2-9,13H,10-11H2,1H3. The van der Waals surface area contributed by atoms with E-state index in [4.69, 9.17) is 9.47 Å². The first kappa shape index (κ1) is 12.7. The number of fused-ring (bicyclic) bond motifs is 1. The van der Waals surface area contributed by atoms with Gasteiger partial charge in [0.15, 0.2) is 0 Å². The number of hydrogen-bond acceptors (Lipinski definition) is 3. The van der Waals surface area contributed by atoms with Crippen LogP contribution in [-0.2, 0) is 17.6 Å². The van der Waals surface area contributed by atoms with E-state index >= 15 is 0 Å². The van der Waals surface area contributed by atoms with Crippen LogP contribution in [0.5, 0.6) is 11.5 Å². The molecule has 1 aliphatic heterocycles. The van der Waals surface area contributed by atoms with E-state index in [-0.39, 0.29) is 11.9 Å². The van der Waals surface area contributed by atoms with Crippen LogP contribution in [0, 0.1) is 5.92 Å². The first-order valence-electron chi connectivity index (χ1n) is 6.69. The molecule has 0 radical (unpaired) electrons. The van der Waals surface area contributed by atoms with E-state index in [0.717, 1.165) is 16.9 Å². The smallest absolute Gasteiger partial charge is 0.315 e. The Hall–Kier alpha value is -2.29. The highest BCUT2D eigenvalue weighted by molar-refractivity contribution is 5.79. The fraction of sp³-hybridized carbons (Fsp3) is 0.235. The average Bonchev–Trinajstić information content (AvgIpc) is 2.48. The second kappa shape index (κ2) is 5.37. The van der Waals surface area contributed by atoms with Crippen LogP contribution in [0.4, 0.5) is 0 Å². The van der Waals surface area contributed by atoms with Crippen LogP contribution in [0.1, 0.15) is 11.1 Å². The molecular formula is C17H16O3. The van der Waals surface area contributed by atoms with Crippen molar-refractivity contribution in [3.05, 3.63) is 59.7 Å². The van der Waals surface area contributed by atoms with Gasteiger partial charge < -0.3 is 9.47 Å². The summed E-state index contributed by atoms with van der Waals surface area (Å²) in [5.41, 5.74) is 2.13. The fourth-order valence-electron chi connectivity index (χ4n) is 2.61. The molecule has 0 saturated heterocycles. The molecule has 3 heteroatoms. The summed E-state index contributed by atoms with van der Waals surface area (Å²) in [5.74, 6) is 1.10. The molecule has 1 atom stereocenters. The van der Waals surface area contributed by atoms with E-state index in [1.54, 1.807) is 7.11 Å². The maximum Gasteiger partial charge on any atom is 0.315 e. The third-order valence-electron chi connectivity index (χ3n) is 3.63. The zero-order valence-electron chi connectivity index (χ0n) is 11.3. The summed E-state index contributed by atoms with van der Waals surface area (Å²) in [6.45, 7) is 0. The van der Waals surface area contributed by atoms with Gasteiger partial charge in [-0.15, -0.1) is 0 Å². The Morgan fingerprint density at radius 3 is 2.70 bits per heavy atom. The largest absolute Gasteiger partial charge is 0.496 e. The summed E-state index contributed by atoms with van der Waals surface area (Å²) in [4.78, 5) is 12.1. The Labute approximate surface area is 118 Å². The van der Waals surface area contributed by atoms with E-state index in [1.165, 1.54) is 0 Å². The van der Waals surface area contributed by atoms with Crippen LogP contribution in [0.3, 0.4) is 0 Å². The Bertz CT molecular complexity index is 619. The number of ether oxygens (including phenoxy) is 2. The van der Waals surface area contributed by atoms with Crippen LogP contribution in [-0.4, -0.2) is 13.1 Å². The van der Waals surface area contributed by atoms with E-state index in [0.29, 0.717) is 18.6 Å². The van der Waals surface area contributed by atoms with E-state index in [1.807, 2.05) is 48.5 Å². The van der Waals surface area contributed by atoms with Gasteiger partial charge in [0.25, 0.3) is 0 Å². The monoisotopic (exact) mass is 268 g/mol. The molecule has 0 saturated carbocycles. The van der Waals surface area contributed by atoms with Gasteiger partial charge >= 0.3 is 5.97 Å². The molecule has 1 heterocycles. The normalized spacial score (nSPS) is 17.2. The van der Waals surface area contributed by atoms with E-state index in [9.17, 15) is 4.79 Å². The minimum absolute atomic E-state index is 0.152. The number of methoxy groups -OCH3 is 1. The zero-order valence-corrected chi connectivity index (χ0v) is 11.3. The summed E-state index contributed by atoms with van der Waals surface area (Å²) in [6, 6.07) is 15.6. The molecule has 102 valence electrons. The highest BCUT2D eigenvalue weighted by Crippen LogP contribution is 2.35. The van der Waals surface area contributed by atoms with Crippen molar-refractivity contribution in [1.29, 1.82) is 0 Å². The number of carbonyl (C=O) groups excluding carboxylic acids is 1. The van der Waals surface area contributed by atoms with Crippen LogP contribution in [0.2, 0.25) is 0 Å². The van der Waals surface area contributed by atoms with Gasteiger partial charge in [-0.25, -0.2) is 0 Å². The third kappa shape index (κ3) is 2.39. The van der Waals surface area contributed by atoms with Crippen molar-refractivity contribution in [3.63, 3.8) is 0 Å². The Balaban J connectivity index is 1.86. The molecule has 0 fully saturated rings. The number of esters is 1. The first-order valence-corrected chi connectivity index (χ1v) is 6.69. The highest BCUT2D eigenvalue weighted by atomic mass is 16.5. The zero-order chi connectivity index (χ0) is 13.9. The summed E-state index contributed by atoms with van der Waals surface area (Å²) in [7, 11) is 1.64. The summed E-state index contributed by atoms with van der Waals surface area (Å²) >= 11 is 0. The minimum atomic E-state index is -0.158. The van der Waals surface area contributed by atoms with Gasteiger partial charge in [0.1, 0.15) is 11.5 Å². The summed E-state index contributed by atoms with van der Waals surface area (Å²) in [5, 5.41) is 0. The number of benzene rings is 2. The van der Waals surface area contributed by atoms with Crippen molar-refractivity contribution in [3.8, 4) is 11.5 Å². The van der Waals surface area contributed by atoms with Crippen molar-refractivity contribution >= 4 is 5.97 Å². The molecule has 0 bridgehead atoms. The molecule has 0 amide bonds. The molecule has 0 spiro atoms. The van der Waals surface area contributed by atoms with E-state index < -0.39 is 0 Å². The number of rotatable bonds is 3. The molecule has 1 unspecified atom stereocenters. The lowest BCUT2D eigenvalue weighted by molar-refractivity contribution is -0.140. The topological polar surface area (TPSA) is 35.5 Å². The molecule has 1 aliphatic rings. The van der Waals surface area contributed by atoms with Crippen molar-refractivity contribution in [1.82, 2.24) is 0 Å². The van der Waals surface area contributed by atoms with Crippen molar-refractivity contribution < 1.29 is 14.3 Å². The molecule has 0 aromatic heterocycles. The van der Waals surface area contributed by atoms with Gasteiger partial charge in [-0.3, -0.25) is 4.79 Å². The predicted molar refractivity (Wildman–Crippen MR) is 76.0 cm³/mol. The lowest BCUT2D eigenvalue weighted by Crippen LogP contribution is -2.29. The molecule has 3 rings (SSSR count). The second-order valence-electron chi connectivity index (χ2n) is 4.95. The van der Waals surface area contributed by atoms with Gasteiger partial charge in [0, 0.05) is 5.56 Å².